The molecular weight excluding hydrogens is 250 g/mol. The third-order valence-electron chi connectivity index (χ3n) is 4.04. The highest BCUT2D eigenvalue weighted by Gasteiger charge is 2.24. The van der Waals surface area contributed by atoms with Crippen molar-refractivity contribution in [2.45, 2.75) is 51.5 Å². The van der Waals surface area contributed by atoms with Crippen LogP contribution < -0.4 is 10.1 Å². The van der Waals surface area contributed by atoms with Gasteiger partial charge in [-0.2, -0.15) is 0 Å². The van der Waals surface area contributed by atoms with E-state index in [1.807, 2.05) is 19.2 Å². The van der Waals surface area contributed by atoms with Gasteiger partial charge in [0.05, 0.1) is 13.2 Å². The van der Waals surface area contributed by atoms with Gasteiger partial charge in [0.15, 0.2) is 0 Å². The largest absolute Gasteiger partial charge is 0.494 e. The van der Waals surface area contributed by atoms with E-state index in [0.717, 1.165) is 31.4 Å². The number of hydrogen-bond acceptors (Lipinski definition) is 3. The number of ether oxygens (including phenoxy) is 1. The SMILES string of the molecule is CCCc1ccc(OCCCC(CC)(CO)NC)cc1. The number of nitrogens with one attached hydrogen (secondary N) is 1. The van der Waals surface area contributed by atoms with Gasteiger partial charge < -0.3 is 15.2 Å². The lowest BCUT2D eigenvalue weighted by Gasteiger charge is -2.30. The lowest BCUT2D eigenvalue weighted by atomic mass is 9.92. The summed E-state index contributed by atoms with van der Waals surface area (Å²) in [6.07, 6.45) is 5.07. The number of rotatable bonds is 10. The fourth-order valence-electron chi connectivity index (χ4n) is 2.39. The van der Waals surface area contributed by atoms with Gasteiger partial charge in [-0.05, 0) is 50.4 Å². The molecule has 0 radical (unpaired) electrons. The summed E-state index contributed by atoms with van der Waals surface area (Å²) in [5.41, 5.74) is 1.20. The van der Waals surface area contributed by atoms with Crippen molar-refractivity contribution in [1.29, 1.82) is 0 Å². The van der Waals surface area contributed by atoms with Crippen molar-refractivity contribution in [2.75, 3.05) is 20.3 Å². The molecule has 0 aliphatic carbocycles. The second kappa shape index (κ2) is 8.98. The van der Waals surface area contributed by atoms with Crippen molar-refractivity contribution in [2.24, 2.45) is 0 Å². The smallest absolute Gasteiger partial charge is 0.119 e. The summed E-state index contributed by atoms with van der Waals surface area (Å²) in [4.78, 5) is 0. The van der Waals surface area contributed by atoms with Gasteiger partial charge in [0.25, 0.3) is 0 Å². The maximum absolute atomic E-state index is 9.47. The van der Waals surface area contributed by atoms with Crippen LogP contribution in [-0.4, -0.2) is 30.9 Å². The molecule has 3 heteroatoms. The van der Waals surface area contributed by atoms with Crippen LogP contribution in [0.1, 0.15) is 45.1 Å². The van der Waals surface area contributed by atoms with Crippen molar-refractivity contribution in [3.63, 3.8) is 0 Å². The van der Waals surface area contributed by atoms with Gasteiger partial charge in [-0.1, -0.05) is 32.4 Å². The van der Waals surface area contributed by atoms with Crippen LogP contribution in [0.3, 0.4) is 0 Å². The monoisotopic (exact) mass is 279 g/mol. The molecule has 0 heterocycles. The number of aliphatic hydroxyl groups is 1. The zero-order chi connectivity index (χ0) is 14.8. The third-order valence-corrected chi connectivity index (χ3v) is 4.04. The molecule has 1 atom stereocenters. The summed E-state index contributed by atoms with van der Waals surface area (Å²) < 4.78 is 5.76. The third kappa shape index (κ3) is 5.14. The van der Waals surface area contributed by atoms with E-state index < -0.39 is 0 Å². The molecule has 0 aromatic heterocycles. The number of hydrogen-bond donors (Lipinski definition) is 2. The summed E-state index contributed by atoms with van der Waals surface area (Å²) in [5, 5.41) is 12.7. The lowest BCUT2D eigenvalue weighted by Crippen LogP contribution is -2.46. The first-order valence-corrected chi connectivity index (χ1v) is 7.71. The fourth-order valence-corrected chi connectivity index (χ4v) is 2.39. The molecular formula is C17H29NO2. The van der Waals surface area contributed by atoms with Crippen LogP contribution in [0.25, 0.3) is 0 Å². The minimum atomic E-state index is -0.158. The molecule has 2 N–H and O–H groups in total. The zero-order valence-corrected chi connectivity index (χ0v) is 13.1. The van der Waals surface area contributed by atoms with Crippen LogP contribution in [0.4, 0.5) is 0 Å². The molecule has 0 aliphatic rings. The second-order valence-electron chi connectivity index (χ2n) is 5.39. The maximum Gasteiger partial charge on any atom is 0.119 e. The Hall–Kier alpha value is -1.06. The highest BCUT2D eigenvalue weighted by Crippen LogP contribution is 2.18. The molecule has 0 bridgehead atoms. The normalized spacial score (nSPS) is 14.0. The van der Waals surface area contributed by atoms with E-state index in [1.165, 1.54) is 12.0 Å². The highest BCUT2D eigenvalue weighted by molar-refractivity contribution is 5.27. The van der Waals surface area contributed by atoms with Gasteiger partial charge in [-0.25, -0.2) is 0 Å². The minimum Gasteiger partial charge on any atom is -0.494 e. The molecule has 114 valence electrons. The Morgan fingerprint density at radius 2 is 1.90 bits per heavy atom. The average molecular weight is 279 g/mol. The van der Waals surface area contributed by atoms with Crippen molar-refractivity contribution in [1.82, 2.24) is 5.32 Å². The Kier molecular flexibility index (Phi) is 7.63. The molecule has 1 aromatic carbocycles. The topological polar surface area (TPSA) is 41.5 Å². The summed E-state index contributed by atoms with van der Waals surface area (Å²) in [7, 11) is 1.91. The fraction of sp³-hybridized carbons (Fsp3) is 0.647. The molecule has 3 nitrogen and oxygen atoms in total. The van der Waals surface area contributed by atoms with Crippen molar-refractivity contribution >= 4 is 0 Å². The van der Waals surface area contributed by atoms with Crippen molar-refractivity contribution < 1.29 is 9.84 Å². The van der Waals surface area contributed by atoms with E-state index in [4.69, 9.17) is 4.74 Å². The predicted molar refractivity (Wildman–Crippen MR) is 84.3 cm³/mol. The molecule has 0 spiro atoms. The summed E-state index contributed by atoms with van der Waals surface area (Å²) in [5.74, 6) is 0.931. The Labute approximate surface area is 123 Å². The second-order valence-corrected chi connectivity index (χ2v) is 5.39. The van der Waals surface area contributed by atoms with Gasteiger partial charge in [0.1, 0.15) is 5.75 Å². The molecule has 0 fully saturated rings. The van der Waals surface area contributed by atoms with Crippen LogP contribution in [0.15, 0.2) is 24.3 Å². The van der Waals surface area contributed by atoms with E-state index in [1.54, 1.807) is 0 Å². The lowest BCUT2D eigenvalue weighted by molar-refractivity contribution is 0.145. The predicted octanol–water partition coefficient (Wildman–Crippen LogP) is 3.16. The molecule has 0 saturated carbocycles. The van der Waals surface area contributed by atoms with Crippen molar-refractivity contribution in [3.05, 3.63) is 29.8 Å². The number of likely N-dealkylation sites (N-methyl/N-ethyl adjacent to an activating group) is 1. The zero-order valence-electron chi connectivity index (χ0n) is 13.1. The number of aliphatic hydroxyl groups excluding tert-OH is 1. The van der Waals surface area contributed by atoms with E-state index in [9.17, 15) is 5.11 Å². The van der Waals surface area contributed by atoms with E-state index in [2.05, 4.69) is 31.3 Å². The van der Waals surface area contributed by atoms with E-state index in [-0.39, 0.29) is 12.1 Å². The van der Waals surface area contributed by atoms with E-state index in [0.29, 0.717) is 6.61 Å². The minimum absolute atomic E-state index is 0.158. The van der Waals surface area contributed by atoms with Gasteiger partial charge in [0, 0.05) is 5.54 Å². The molecule has 1 aromatic rings. The van der Waals surface area contributed by atoms with E-state index >= 15 is 0 Å². The number of aryl methyl sites for hydroxylation is 1. The molecule has 20 heavy (non-hydrogen) atoms. The Morgan fingerprint density at radius 1 is 1.20 bits per heavy atom. The van der Waals surface area contributed by atoms with Crippen LogP contribution in [0.2, 0.25) is 0 Å². The van der Waals surface area contributed by atoms with Gasteiger partial charge in [-0.3, -0.25) is 0 Å². The molecule has 0 saturated heterocycles. The van der Waals surface area contributed by atoms with Gasteiger partial charge >= 0.3 is 0 Å². The number of benzene rings is 1. The summed E-state index contributed by atoms with van der Waals surface area (Å²) in [6, 6.07) is 8.36. The summed E-state index contributed by atoms with van der Waals surface area (Å²) >= 11 is 0. The average Bonchev–Trinajstić information content (AvgIpc) is 2.50. The van der Waals surface area contributed by atoms with Crippen LogP contribution >= 0.6 is 0 Å². The molecule has 0 aliphatic heterocycles. The first-order chi connectivity index (χ1) is 9.69. The Morgan fingerprint density at radius 3 is 2.40 bits per heavy atom. The Balaban J connectivity index is 2.33. The first-order valence-electron chi connectivity index (χ1n) is 7.71. The first kappa shape index (κ1) is 17.0. The van der Waals surface area contributed by atoms with Gasteiger partial charge in [0.2, 0.25) is 0 Å². The molecule has 1 rings (SSSR count). The molecule has 1 unspecified atom stereocenters. The highest BCUT2D eigenvalue weighted by atomic mass is 16.5. The molecule has 0 amide bonds. The maximum atomic E-state index is 9.47. The van der Waals surface area contributed by atoms with Crippen LogP contribution in [0.5, 0.6) is 5.75 Å². The van der Waals surface area contributed by atoms with Crippen LogP contribution in [-0.2, 0) is 6.42 Å². The van der Waals surface area contributed by atoms with Crippen molar-refractivity contribution in [3.8, 4) is 5.75 Å². The summed E-state index contributed by atoms with van der Waals surface area (Å²) in [6.45, 7) is 5.15. The quantitative estimate of drug-likeness (QED) is 0.646. The standard InChI is InChI=1S/C17H29NO2/c1-4-7-15-8-10-16(11-9-15)20-13-6-12-17(5-2,14-19)18-3/h8-11,18-19H,4-7,12-14H2,1-3H3. The van der Waals surface area contributed by atoms with Gasteiger partial charge in [-0.15, -0.1) is 0 Å². The van der Waals surface area contributed by atoms with Crippen LogP contribution in [0, 0.1) is 0 Å². The Bertz CT molecular complexity index is 349.